The van der Waals surface area contributed by atoms with Crippen molar-refractivity contribution in [2.75, 3.05) is 0 Å². The number of nitrogens with zero attached hydrogens (tertiary/aromatic N) is 2. The number of non-ortho nitro benzene ring substituents is 1. The smallest absolute Gasteiger partial charge is 0.354 e. The van der Waals surface area contributed by atoms with E-state index in [4.69, 9.17) is 9.68 Å². The second kappa shape index (κ2) is 3.68. The minimum absolute atomic E-state index is 0.0968. The number of nitrogens with one attached hydrogen (secondary N) is 1. The molecule has 0 saturated heterocycles. The maximum atomic E-state index is 11.5. The molecule has 0 spiro atoms. The average Bonchev–Trinajstić information content (AvgIpc) is 2.74. The van der Waals surface area contributed by atoms with Crippen LogP contribution in [0.4, 0.5) is 5.69 Å². The molecule has 0 radical (unpaired) electrons. The lowest BCUT2D eigenvalue weighted by Crippen LogP contribution is -2.02. The summed E-state index contributed by atoms with van der Waals surface area (Å²) in [5.74, 6) is 0. The largest absolute Gasteiger partial charge is 0.419 e. The second-order valence-electron chi connectivity index (χ2n) is 3.91. The van der Waals surface area contributed by atoms with E-state index < -0.39 is 10.5 Å². The summed E-state index contributed by atoms with van der Waals surface area (Å²) in [5.41, 5.74) is 0.282. The van der Waals surface area contributed by atoms with Crippen LogP contribution in [0.15, 0.2) is 33.5 Å². The van der Waals surface area contributed by atoms with E-state index >= 15 is 0 Å². The lowest BCUT2D eigenvalue weighted by Gasteiger charge is -1.92. The first-order valence-electron chi connectivity index (χ1n) is 5.24. The maximum Gasteiger partial charge on any atom is 0.354 e. The van der Waals surface area contributed by atoms with E-state index in [0.29, 0.717) is 16.4 Å². The van der Waals surface area contributed by atoms with Crippen LogP contribution in [0.2, 0.25) is 0 Å². The Balaban J connectivity index is 2.45. The highest BCUT2D eigenvalue weighted by Gasteiger charge is 2.14. The Morgan fingerprint density at radius 1 is 1.32 bits per heavy atom. The standard InChI is InChI=1S/C12H5N3O4/c13-5-6-3-10-11(19-12(6)16)8-4-7(15(17)18)1-2-9(8)14-10/h1-4,14H. The molecular weight excluding hydrogens is 250 g/mol. The fourth-order valence-corrected chi connectivity index (χ4v) is 1.93. The van der Waals surface area contributed by atoms with Gasteiger partial charge >= 0.3 is 5.63 Å². The van der Waals surface area contributed by atoms with Crippen molar-refractivity contribution < 1.29 is 9.34 Å². The third-order valence-corrected chi connectivity index (χ3v) is 2.80. The van der Waals surface area contributed by atoms with Crippen molar-refractivity contribution in [2.45, 2.75) is 0 Å². The summed E-state index contributed by atoms with van der Waals surface area (Å²) in [6.45, 7) is 0. The molecule has 0 aliphatic rings. The minimum Gasteiger partial charge on any atom is -0.419 e. The van der Waals surface area contributed by atoms with Crippen molar-refractivity contribution >= 4 is 27.7 Å². The summed E-state index contributed by atoms with van der Waals surface area (Å²) in [4.78, 5) is 24.6. The van der Waals surface area contributed by atoms with Crippen LogP contribution in [-0.4, -0.2) is 9.91 Å². The van der Waals surface area contributed by atoms with Crippen LogP contribution in [0, 0.1) is 21.4 Å². The molecule has 7 heteroatoms. The number of benzene rings is 1. The van der Waals surface area contributed by atoms with Crippen LogP contribution in [0.1, 0.15) is 5.56 Å². The molecule has 3 aromatic rings. The van der Waals surface area contributed by atoms with Gasteiger partial charge < -0.3 is 9.40 Å². The number of fused-ring (bicyclic) bond motifs is 3. The Morgan fingerprint density at radius 3 is 2.79 bits per heavy atom. The molecule has 2 aromatic heterocycles. The van der Waals surface area contributed by atoms with Gasteiger partial charge in [0.25, 0.3) is 5.69 Å². The van der Waals surface area contributed by atoms with Gasteiger partial charge in [-0.05, 0) is 12.1 Å². The molecule has 7 nitrogen and oxygen atoms in total. The van der Waals surface area contributed by atoms with Crippen molar-refractivity contribution in [2.24, 2.45) is 0 Å². The quantitative estimate of drug-likeness (QED) is 0.528. The minimum atomic E-state index is -0.762. The summed E-state index contributed by atoms with van der Waals surface area (Å²) in [5, 5.41) is 19.9. The maximum absolute atomic E-state index is 11.5. The molecule has 0 saturated carbocycles. The van der Waals surface area contributed by atoms with Crippen LogP contribution in [0.25, 0.3) is 22.0 Å². The van der Waals surface area contributed by atoms with E-state index in [1.807, 2.05) is 0 Å². The third kappa shape index (κ3) is 1.55. The van der Waals surface area contributed by atoms with Crippen LogP contribution < -0.4 is 5.63 Å². The van der Waals surface area contributed by atoms with Gasteiger partial charge in [-0.3, -0.25) is 10.1 Å². The van der Waals surface area contributed by atoms with Gasteiger partial charge in [0.1, 0.15) is 11.6 Å². The molecule has 2 heterocycles. The zero-order chi connectivity index (χ0) is 13.6. The monoisotopic (exact) mass is 255 g/mol. The number of nitro groups is 1. The number of hydrogen-bond donors (Lipinski definition) is 1. The predicted molar refractivity (Wildman–Crippen MR) is 65.7 cm³/mol. The van der Waals surface area contributed by atoms with Gasteiger partial charge in [0.15, 0.2) is 5.58 Å². The molecule has 0 unspecified atom stereocenters. The third-order valence-electron chi connectivity index (χ3n) is 2.80. The van der Waals surface area contributed by atoms with Crippen molar-refractivity contribution in [1.29, 1.82) is 5.26 Å². The first-order chi connectivity index (χ1) is 9.10. The molecule has 3 rings (SSSR count). The van der Waals surface area contributed by atoms with E-state index in [2.05, 4.69) is 4.98 Å². The lowest BCUT2D eigenvalue weighted by molar-refractivity contribution is -0.384. The fraction of sp³-hybridized carbons (Fsp3) is 0. The Labute approximate surface area is 104 Å². The normalized spacial score (nSPS) is 10.7. The molecule has 0 aliphatic heterocycles. The molecule has 0 bridgehead atoms. The Hall–Kier alpha value is -3.14. The average molecular weight is 255 g/mol. The molecule has 0 fully saturated rings. The zero-order valence-corrected chi connectivity index (χ0v) is 9.34. The molecule has 1 aromatic carbocycles. The fourth-order valence-electron chi connectivity index (χ4n) is 1.93. The van der Waals surface area contributed by atoms with Crippen LogP contribution in [0.3, 0.4) is 0 Å². The number of aromatic amines is 1. The summed E-state index contributed by atoms with van der Waals surface area (Å²) in [6.07, 6.45) is 0. The molecule has 92 valence electrons. The lowest BCUT2D eigenvalue weighted by atomic mass is 10.2. The Bertz CT molecular complexity index is 930. The molecule has 1 N–H and O–H groups in total. The molecule has 19 heavy (non-hydrogen) atoms. The summed E-state index contributed by atoms with van der Waals surface area (Å²) < 4.78 is 5.04. The number of nitro benzene ring substituents is 1. The summed E-state index contributed by atoms with van der Waals surface area (Å²) in [6, 6.07) is 7.29. The Morgan fingerprint density at radius 2 is 2.11 bits per heavy atom. The Kier molecular flexibility index (Phi) is 2.13. The zero-order valence-electron chi connectivity index (χ0n) is 9.34. The van der Waals surface area contributed by atoms with Crippen molar-refractivity contribution in [3.05, 3.63) is 50.4 Å². The molecule has 0 amide bonds. The second-order valence-corrected chi connectivity index (χ2v) is 3.91. The van der Waals surface area contributed by atoms with Gasteiger partial charge in [0, 0.05) is 17.5 Å². The summed E-state index contributed by atoms with van der Waals surface area (Å²) >= 11 is 0. The SMILES string of the molecule is N#Cc1cc2[nH]c3ccc([N+](=O)[O-])cc3c2oc1=O. The van der Waals surface area contributed by atoms with Gasteiger partial charge in [0.05, 0.1) is 16.0 Å². The van der Waals surface area contributed by atoms with Crippen molar-refractivity contribution in [3.63, 3.8) is 0 Å². The molecular formula is C12H5N3O4. The number of hydrogen-bond acceptors (Lipinski definition) is 5. The summed E-state index contributed by atoms with van der Waals surface area (Å²) in [7, 11) is 0. The van der Waals surface area contributed by atoms with E-state index in [9.17, 15) is 14.9 Å². The van der Waals surface area contributed by atoms with Gasteiger partial charge in [-0.2, -0.15) is 5.26 Å². The number of aromatic nitrogens is 1. The van der Waals surface area contributed by atoms with Gasteiger partial charge in [-0.15, -0.1) is 0 Å². The van der Waals surface area contributed by atoms with Gasteiger partial charge in [-0.25, -0.2) is 4.79 Å². The van der Waals surface area contributed by atoms with Gasteiger partial charge in [-0.1, -0.05) is 0 Å². The number of H-pyrrole nitrogens is 1. The molecule has 0 aliphatic carbocycles. The van der Waals surface area contributed by atoms with Crippen LogP contribution in [0.5, 0.6) is 0 Å². The first-order valence-corrected chi connectivity index (χ1v) is 5.24. The predicted octanol–water partition coefficient (Wildman–Crippen LogP) is 2.05. The van der Waals surface area contributed by atoms with E-state index in [-0.39, 0.29) is 16.8 Å². The van der Waals surface area contributed by atoms with E-state index in [1.165, 1.54) is 24.3 Å². The molecule has 0 atom stereocenters. The highest BCUT2D eigenvalue weighted by molar-refractivity contribution is 6.04. The van der Waals surface area contributed by atoms with Crippen LogP contribution >= 0.6 is 0 Å². The van der Waals surface area contributed by atoms with Crippen molar-refractivity contribution in [1.82, 2.24) is 4.98 Å². The highest BCUT2D eigenvalue weighted by atomic mass is 16.6. The van der Waals surface area contributed by atoms with Crippen molar-refractivity contribution in [3.8, 4) is 6.07 Å². The van der Waals surface area contributed by atoms with E-state index in [0.717, 1.165) is 0 Å². The number of nitriles is 1. The number of rotatable bonds is 1. The first kappa shape index (κ1) is 11.0. The topological polar surface area (TPSA) is 113 Å². The van der Waals surface area contributed by atoms with E-state index in [1.54, 1.807) is 6.07 Å². The van der Waals surface area contributed by atoms with Crippen LogP contribution in [-0.2, 0) is 0 Å². The van der Waals surface area contributed by atoms with Gasteiger partial charge in [0.2, 0.25) is 0 Å². The highest BCUT2D eigenvalue weighted by Crippen LogP contribution is 2.28.